The van der Waals surface area contributed by atoms with Gasteiger partial charge in [0.05, 0.1) is 5.56 Å². The standard InChI is InChI=1S/C19H20F3NO3/c1-23(26-16-12-10-15(11-13-16)19(20,21)22)17(18(24)25)9-5-8-14-6-3-2-4-7-14/h2-4,6-7,10-13,17H,5,8-9H2,1H3,(H,24,25)/t17-/m0/s1. The Kier molecular flexibility index (Phi) is 6.63. The van der Waals surface area contributed by atoms with Gasteiger partial charge in [-0.15, -0.1) is 5.06 Å². The Labute approximate surface area is 149 Å². The first-order valence-electron chi connectivity index (χ1n) is 8.12. The summed E-state index contributed by atoms with van der Waals surface area (Å²) in [4.78, 5) is 16.9. The molecule has 0 bridgehead atoms. The van der Waals surface area contributed by atoms with E-state index in [0.717, 1.165) is 29.2 Å². The molecule has 2 aromatic carbocycles. The summed E-state index contributed by atoms with van der Waals surface area (Å²) >= 11 is 0. The maximum absolute atomic E-state index is 12.6. The molecule has 2 rings (SSSR count). The van der Waals surface area contributed by atoms with E-state index in [2.05, 4.69) is 0 Å². The van der Waals surface area contributed by atoms with Gasteiger partial charge < -0.3 is 9.94 Å². The molecule has 1 atom stereocenters. The van der Waals surface area contributed by atoms with Gasteiger partial charge >= 0.3 is 12.1 Å². The highest BCUT2D eigenvalue weighted by Gasteiger charge is 2.30. The highest BCUT2D eigenvalue weighted by molar-refractivity contribution is 5.73. The molecule has 7 heteroatoms. The molecule has 0 radical (unpaired) electrons. The largest absolute Gasteiger partial charge is 0.480 e. The van der Waals surface area contributed by atoms with Crippen molar-refractivity contribution in [3.8, 4) is 5.75 Å². The van der Waals surface area contributed by atoms with E-state index < -0.39 is 23.8 Å². The van der Waals surface area contributed by atoms with Crippen LogP contribution in [0.4, 0.5) is 13.2 Å². The summed E-state index contributed by atoms with van der Waals surface area (Å²) in [6, 6.07) is 12.9. The van der Waals surface area contributed by atoms with Crippen molar-refractivity contribution in [2.75, 3.05) is 7.05 Å². The van der Waals surface area contributed by atoms with Crippen LogP contribution in [0.5, 0.6) is 5.75 Å². The first kappa shape index (κ1) is 19.8. The lowest BCUT2D eigenvalue weighted by Gasteiger charge is -2.24. The number of alkyl halides is 3. The van der Waals surface area contributed by atoms with Crippen molar-refractivity contribution in [2.45, 2.75) is 31.5 Å². The summed E-state index contributed by atoms with van der Waals surface area (Å²) in [6.45, 7) is 0. The second-order valence-corrected chi connectivity index (χ2v) is 5.89. The number of hydrogen-bond donors (Lipinski definition) is 1. The van der Waals surface area contributed by atoms with Gasteiger partial charge in [-0.05, 0) is 49.1 Å². The Morgan fingerprint density at radius 1 is 1.12 bits per heavy atom. The van der Waals surface area contributed by atoms with E-state index >= 15 is 0 Å². The fraction of sp³-hybridized carbons (Fsp3) is 0.316. The smallest absolute Gasteiger partial charge is 0.416 e. The van der Waals surface area contributed by atoms with Gasteiger partial charge in [-0.25, -0.2) is 0 Å². The predicted octanol–water partition coefficient (Wildman–Crippen LogP) is 4.41. The molecule has 26 heavy (non-hydrogen) atoms. The minimum Gasteiger partial charge on any atom is -0.480 e. The van der Waals surface area contributed by atoms with E-state index in [4.69, 9.17) is 4.84 Å². The van der Waals surface area contributed by atoms with Crippen LogP contribution in [0, 0.1) is 0 Å². The number of benzene rings is 2. The van der Waals surface area contributed by atoms with Crippen LogP contribution in [-0.2, 0) is 17.4 Å². The quantitative estimate of drug-likeness (QED) is 0.703. The Hall–Kier alpha value is -2.54. The third-order valence-corrected chi connectivity index (χ3v) is 3.94. The number of carbonyl (C=O) groups is 1. The maximum atomic E-state index is 12.6. The third-order valence-electron chi connectivity index (χ3n) is 3.94. The first-order chi connectivity index (χ1) is 12.3. The highest BCUT2D eigenvalue weighted by Crippen LogP contribution is 2.30. The molecule has 2 aromatic rings. The van der Waals surface area contributed by atoms with Gasteiger partial charge in [0.15, 0.2) is 0 Å². The lowest BCUT2D eigenvalue weighted by Crippen LogP contribution is -2.40. The van der Waals surface area contributed by atoms with Crippen molar-refractivity contribution in [3.05, 3.63) is 65.7 Å². The minimum atomic E-state index is -4.43. The number of carboxylic acid groups (broad SMARTS) is 1. The summed E-state index contributed by atoms with van der Waals surface area (Å²) in [5, 5.41) is 10.6. The molecule has 0 amide bonds. The number of nitrogens with zero attached hydrogens (tertiary/aromatic N) is 1. The normalized spacial score (nSPS) is 12.8. The number of aryl methyl sites for hydroxylation is 1. The Morgan fingerprint density at radius 2 is 1.73 bits per heavy atom. The fourth-order valence-electron chi connectivity index (χ4n) is 2.54. The molecule has 0 saturated heterocycles. The second kappa shape index (κ2) is 8.71. The van der Waals surface area contributed by atoms with E-state index in [1.807, 2.05) is 30.3 Å². The van der Waals surface area contributed by atoms with Gasteiger partial charge in [0.1, 0.15) is 11.8 Å². The average Bonchev–Trinajstić information content (AvgIpc) is 2.59. The molecular weight excluding hydrogens is 347 g/mol. The average molecular weight is 367 g/mol. The Morgan fingerprint density at radius 3 is 2.27 bits per heavy atom. The van der Waals surface area contributed by atoms with Crippen LogP contribution < -0.4 is 4.84 Å². The molecule has 0 fully saturated rings. The van der Waals surface area contributed by atoms with Crippen LogP contribution in [0.25, 0.3) is 0 Å². The summed E-state index contributed by atoms with van der Waals surface area (Å²) in [6.07, 6.45) is -2.70. The summed E-state index contributed by atoms with van der Waals surface area (Å²) in [5.41, 5.74) is 0.327. The van der Waals surface area contributed by atoms with E-state index in [1.165, 1.54) is 19.2 Å². The summed E-state index contributed by atoms with van der Waals surface area (Å²) in [5.74, 6) is -0.901. The molecule has 0 unspecified atom stereocenters. The molecule has 0 spiro atoms. The molecule has 0 aromatic heterocycles. The lowest BCUT2D eigenvalue weighted by molar-refractivity contribution is -0.157. The van der Waals surface area contributed by atoms with Crippen molar-refractivity contribution < 1.29 is 27.9 Å². The van der Waals surface area contributed by atoms with Gasteiger partial charge in [0.25, 0.3) is 0 Å². The minimum absolute atomic E-state index is 0.148. The number of likely N-dealkylation sites (N-methyl/N-ethyl adjacent to an activating group) is 1. The summed E-state index contributed by atoms with van der Waals surface area (Å²) in [7, 11) is 1.46. The van der Waals surface area contributed by atoms with Crippen LogP contribution in [0.3, 0.4) is 0 Å². The number of hydrogen-bond acceptors (Lipinski definition) is 3. The van der Waals surface area contributed by atoms with Crippen molar-refractivity contribution in [3.63, 3.8) is 0 Å². The Balaban J connectivity index is 1.93. The zero-order chi connectivity index (χ0) is 19.2. The van der Waals surface area contributed by atoms with Gasteiger partial charge in [-0.2, -0.15) is 13.2 Å². The van der Waals surface area contributed by atoms with E-state index in [0.29, 0.717) is 12.8 Å². The zero-order valence-corrected chi connectivity index (χ0v) is 14.2. The number of carboxylic acids is 1. The molecule has 140 valence electrons. The molecule has 0 aliphatic heterocycles. The SMILES string of the molecule is CN(Oc1ccc(C(F)(F)F)cc1)[C@@H](CCCc1ccccc1)C(=O)O. The molecule has 0 heterocycles. The fourth-order valence-corrected chi connectivity index (χ4v) is 2.54. The maximum Gasteiger partial charge on any atom is 0.416 e. The number of rotatable bonds is 8. The topological polar surface area (TPSA) is 49.8 Å². The number of halogens is 3. The lowest BCUT2D eigenvalue weighted by atomic mass is 10.0. The van der Waals surface area contributed by atoms with Gasteiger partial charge in [-0.3, -0.25) is 4.79 Å². The van der Waals surface area contributed by atoms with Gasteiger partial charge in [-0.1, -0.05) is 30.3 Å². The van der Waals surface area contributed by atoms with E-state index in [9.17, 15) is 23.1 Å². The molecule has 4 nitrogen and oxygen atoms in total. The Bertz CT molecular complexity index is 702. The number of hydroxylamine groups is 2. The third kappa shape index (κ3) is 5.77. The molecule has 0 saturated carbocycles. The van der Waals surface area contributed by atoms with Crippen LogP contribution in [0.2, 0.25) is 0 Å². The van der Waals surface area contributed by atoms with Crippen molar-refractivity contribution in [1.29, 1.82) is 0 Å². The van der Waals surface area contributed by atoms with Gasteiger partial charge in [0, 0.05) is 7.05 Å². The predicted molar refractivity (Wildman–Crippen MR) is 90.6 cm³/mol. The van der Waals surface area contributed by atoms with Crippen molar-refractivity contribution in [1.82, 2.24) is 5.06 Å². The molecular formula is C19H20F3NO3. The van der Waals surface area contributed by atoms with E-state index in [-0.39, 0.29) is 5.75 Å². The highest BCUT2D eigenvalue weighted by atomic mass is 19.4. The van der Waals surface area contributed by atoms with Gasteiger partial charge in [0.2, 0.25) is 0 Å². The molecule has 0 aliphatic rings. The molecule has 1 N–H and O–H groups in total. The van der Waals surface area contributed by atoms with Crippen molar-refractivity contribution >= 4 is 5.97 Å². The second-order valence-electron chi connectivity index (χ2n) is 5.89. The molecule has 0 aliphatic carbocycles. The summed E-state index contributed by atoms with van der Waals surface area (Å²) < 4.78 is 37.7. The van der Waals surface area contributed by atoms with Crippen LogP contribution >= 0.6 is 0 Å². The van der Waals surface area contributed by atoms with Crippen LogP contribution in [-0.4, -0.2) is 29.2 Å². The van der Waals surface area contributed by atoms with Crippen LogP contribution in [0.1, 0.15) is 24.0 Å². The van der Waals surface area contributed by atoms with Crippen LogP contribution in [0.15, 0.2) is 54.6 Å². The number of aliphatic carboxylic acids is 1. The van der Waals surface area contributed by atoms with Crippen molar-refractivity contribution in [2.24, 2.45) is 0 Å². The first-order valence-corrected chi connectivity index (χ1v) is 8.12. The zero-order valence-electron chi connectivity index (χ0n) is 14.2. The van der Waals surface area contributed by atoms with E-state index in [1.54, 1.807) is 0 Å². The monoisotopic (exact) mass is 367 g/mol.